The van der Waals surface area contributed by atoms with Crippen LogP contribution in [0.1, 0.15) is 98.9 Å². The molecule has 0 N–H and O–H groups in total. The lowest BCUT2D eigenvalue weighted by Crippen LogP contribution is -2.14. The topological polar surface area (TPSA) is 220 Å². The summed E-state index contributed by atoms with van der Waals surface area (Å²) in [4.78, 5) is 76.5. The van der Waals surface area contributed by atoms with Crippen molar-refractivity contribution in [3.63, 3.8) is 0 Å². The number of carbonyl (C=O) groups excluding carboxylic acids is 6. The summed E-state index contributed by atoms with van der Waals surface area (Å²) >= 11 is 0. The zero-order valence-corrected chi connectivity index (χ0v) is 64.4. The molecule has 20 heteroatoms. The highest BCUT2D eigenvalue weighted by molar-refractivity contribution is 5.90. The average Bonchev–Trinajstić information content (AvgIpc) is 0.781. The molecular weight excluding hydrogens is 1370 g/mol. The lowest BCUT2D eigenvalue weighted by Gasteiger charge is -2.29. The van der Waals surface area contributed by atoms with Crippen LogP contribution < -0.4 is 9.80 Å². The maximum atomic E-state index is 12.1. The van der Waals surface area contributed by atoms with Crippen LogP contribution in [0, 0.1) is 13.8 Å². The zero-order valence-electron chi connectivity index (χ0n) is 64.4. The fourth-order valence-electron chi connectivity index (χ4n) is 11.1. The Morgan fingerprint density at radius 3 is 0.796 bits per heavy atom. The molecule has 0 aliphatic heterocycles. The molecule has 0 spiro atoms. The quantitative estimate of drug-likeness (QED) is 0.0150. The minimum atomic E-state index is -0.462. The fraction of sp³-hybridized carbons (Fsp3) is 0.386. The van der Waals surface area contributed by atoms with E-state index < -0.39 is 35.8 Å². The third-order valence-corrected chi connectivity index (χ3v) is 16.9. The van der Waals surface area contributed by atoms with Crippen LogP contribution in [-0.4, -0.2) is 155 Å². The van der Waals surface area contributed by atoms with Crippen molar-refractivity contribution in [2.45, 2.75) is 107 Å². The molecule has 108 heavy (non-hydrogen) atoms. The van der Waals surface area contributed by atoms with E-state index in [0.29, 0.717) is 124 Å². The van der Waals surface area contributed by atoms with E-state index in [9.17, 15) is 28.8 Å². The Labute approximate surface area is 637 Å². The molecule has 0 fully saturated rings. The Morgan fingerprint density at radius 1 is 0.269 bits per heavy atom. The number of hydrogen-bond acceptors (Lipinski definition) is 20. The Kier molecular flexibility index (Phi) is 37.7. The maximum Gasteiger partial charge on any atom is 0.333 e. The first-order chi connectivity index (χ1) is 51.9. The first kappa shape index (κ1) is 86.9. The van der Waals surface area contributed by atoms with E-state index >= 15 is 0 Å². The molecule has 0 heterocycles. The first-order valence-corrected chi connectivity index (χ1v) is 36.6. The van der Waals surface area contributed by atoms with E-state index in [0.717, 1.165) is 89.8 Å². The van der Waals surface area contributed by atoms with Crippen molar-refractivity contribution in [3.05, 3.63) is 239 Å². The summed E-state index contributed by atoms with van der Waals surface area (Å²) < 4.78 is 67.1. The summed E-state index contributed by atoms with van der Waals surface area (Å²) in [5.41, 5.74) is 18.2. The molecule has 0 aliphatic rings. The van der Waals surface area contributed by atoms with Crippen LogP contribution in [0.5, 0.6) is 0 Å². The highest BCUT2D eigenvalue weighted by Gasteiger charge is 2.22. The van der Waals surface area contributed by atoms with E-state index in [1.165, 1.54) is 0 Å². The standard InChI is InChI=1S/C88H108N2O18/c1-61(2)83(91)103-51-45-97-39-15-17-73-59-79(31-23-71(73)37-43-101-49-55-107-87(95)65(9)10)89(77-27-19-69(20-28-77)35-41-99-47-53-105-85(93)63(5)6)81-33-25-75(57-67(81)13)76-26-34-82(68(14)58-76)90(78-29-21-70(22-30-78)36-42-100-48-54-106-86(94)64(7)8)80-32-24-72(38-44-102-50-56-108-88(96)66(11)12)74(60-80)18-16-40-98-46-52-104-84(92)62(3)4/h19-34,57-60H,1,3,5,7,9,11,15-18,35-56H2,2,4,6,8,10,12-14H3. The van der Waals surface area contributed by atoms with Gasteiger partial charge in [-0.1, -0.05) is 88.0 Å². The summed E-state index contributed by atoms with van der Waals surface area (Å²) in [6, 6.07) is 43.0. The largest absolute Gasteiger partial charge is 0.460 e. The Balaban J connectivity index is 1.36. The summed E-state index contributed by atoms with van der Waals surface area (Å²) in [6.45, 7) is 40.5. The van der Waals surface area contributed by atoms with Gasteiger partial charge in [-0.3, -0.25) is 0 Å². The average molecular weight is 1480 g/mol. The molecule has 0 aliphatic carbocycles. The number of rotatable bonds is 51. The second-order valence-corrected chi connectivity index (χ2v) is 26.3. The van der Waals surface area contributed by atoms with Crippen molar-refractivity contribution in [3.8, 4) is 11.1 Å². The van der Waals surface area contributed by atoms with Gasteiger partial charge in [0.05, 0.1) is 66.1 Å². The van der Waals surface area contributed by atoms with Crippen molar-refractivity contribution >= 4 is 69.9 Å². The molecule has 0 unspecified atom stereocenters. The monoisotopic (exact) mass is 1480 g/mol. The lowest BCUT2D eigenvalue weighted by molar-refractivity contribution is -0.141. The molecule has 578 valence electrons. The molecule has 0 bridgehead atoms. The molecule has 6 aromatic rings. The SMILES string of the molecule is C=C(C)C(=O)OCCOCCCc1cc(N(c2ccc(CCOCCOC(=O)C(=C)C)cc2)c2ccc(-c3ccc(N(c4ccc(CCOCCOC(=O)C(=C)C)cc4)c4ccc(CCOCCOC(=O)C(=C)C)c(CCCOCCOC(=O)C(=C)C)c4)c(C)c3)cc2C)ccc1CCOCCOC(=O)C(=C)C. The van der Waals surface area contributed by atoms with Gasteiger partial charge < -0.3 is 66.6 Å². The number of esters is 6. The van der Waals surface area contributed by atoms with Crippen LogP contribution in [0.25, 0.3) is 11.1 Å². The Morgan fingerprint density at radius 2 is 0.528 bits per heavy atom. The number of aryl methyl sites for hydroxylation is 4. The number of nitrogens with zero attached hydrogens (tertiary/aromatic N) is 2. The highest BCUT2D eigenvalue weighted by atomic mass is 16.6. The number of benzene rings is 6. The van der Waals surface area contributed by atoms with Crippen molar-refractivity contribution in [1.29, 1.82) is 0 Å². The summed E-state index contributed by atoms with van der Waals surface area (Å²) in [5, 5.41) is 0. The fourth-order valence-corrected chi connectivity index (χ4v) is 11.1. The van der Waals surface area contributed by atoms with Gasteiger partial charge in [0.25, 0.3) is 0 Å². The van der Waals surface area contributed by atoms with Crippen molar-refractivity contribution < 1.29 is 85.6 Å². The van der Waals surface area contributed by atoms with Gasteiger partial charge in [-0.2, -0.15) is 0 Å². The van der Waals surface area contributed by atoms with Crippen molar-refractivity contribution in [1.82, 2.24) is 0 Å². The summed E-state index contributed by atoms with van der Waals surface area (Å²) in [5.74, 6) is -2.74. The van der Waals surface area contributed by atoms with Crippen LogP contribution in [-0.2, 0) is 124 Å². The van der Waals surface area contributed by atoms with Crippen LogP contribution in [0.2, 0.25) is 0 Å². The number of anilines is 6. The van der Waals surface area contributed by atoms with E-state index in [1.807, 2.05) is 0 Å². The van der Waals surface area contributed by atoms with Gasteiger partial charge in [-0.25, -0.2) is 28.8 Å². The first-order valence-electron chi connectivity index (χ1n) is 36.6. The maximum absolute atomic E-state index is 12.1. The van der Waals surface area contributed by atoms with Gasteiger partial charge in [-0.15, -0.1) is 0 Å². The third kappa shape index (κ3) is 29.9. The van der Waals surface area contributed by atoms with E-state index in [2.05, 4.69) is 184 Å². The predicted molar refractivity (Wildman–Crippen MR) is 422 cm³/mol. The van der Waals surface area contributed by atoms with Gasteiger partial charge in [-0.05, 0) is 235 Å². The molecule has 6 rings (SSSR count). The highest BCUT2D eigenvalue weighted by Crippen LogP contribution is 2.42. The predicted octanol–water partition coefficient (Wildman–Crippen LogP) is 15.8. The molecule has 0 aromatic heterocycles. The van der Waals surface area contributed by atoms with Gasteiger partial charge in [0, 0.05) is 80.8 Å². The molecule has 0 amide bonds. The second kappa shape index (κ2) is 46.9. The number of carbonyl (C=O) groups is 6. The summed E-state index contributed by atoms with van der Waals surface area (Å²) in [7, 11) is 0. The third-order valence-electron chi connectivity index (χ3n) is 16.9. The zero-order chi connectivity index (χ0) is 78.3. The molecule has 6 aromatic carbocycles. The lowest BCUT2D eigenvalue weighted by atomic mass is 9.96. The molecule has 0 radical (unpaired) electrons. The smallest absolute Gasteiger partial charge is 0.333 e. The molecular formula is C88H108N2O18. The molecule has 0 saturated carbocycles. The van der Waals surface area contributed by atoms with Crippen LogP contribution >= 0.6 is 0 Å². The van der Waals surface area contributed by atoms with Gasteiger partial charge in [0.1, 0.15) is 39.6 Å². The van der Waals surface area contributed by atoms with Crippen LogP contribution in [0.4, 0.5) is 34.1 Å². The Hall–Kier alpha value is -10.1. The minimum Gasteiger partial charge on any atom is -0.460 e. The van der Waals surface area contributed by atoms with Crippen molar-refractivity contribution in [2.24, 2.45) is 0 Å². The van der Waals surface area contributed by atoms with Gasteiger partial charge >= 0.3 is 35.8 Å². The van der Waals surface area contributed by atoms with E-state index in [-0.39, 0.29) is 79.3 Å². The molecule has 20 nitrogen and oxygen atoms in total. The molecule has 0 atom stereocenters. The van der Waals surface area contributed by atoms with Crippen molar-refractivity contribution in [2.75, 3.05) is 129 Å². The van der Waals surface area contributed by atoms with Crippen LogP contribution in [0.3, 0.4) is 0 Å². The second-order valence-electron chi connectivity index (χ2n) is 26.3. The van der Waals surface area contributed by atoms with Gasteiger partial charge in [0.15, 0.2) is 0 Å². The van der Waals surface area contributed by atoms with E-state index in [4.69, 9.17) is 56.8 Å². The molecule has 0 saturated heterocycles. The van der Waals surface area contributed by atoms with Crippen LogP contribution in [0.15, 0.2) is 194 Å². The van der Waals surface area contributed by atoms with Gasteiger partial charge in [0.2, 0.25) is 0 Å². The summed E-state index contributed by atoms with van der Waals surface area (Å²) in [6.07, 6.45) is 5.17. The number of hydrogen-bond donors (Lipinski definition) is 0. The normalized spacial score (nSPS) is 10.9. The number of ether oxygens (including phenoxy) is 12. The minimum absolute atomic E-state index is 0.109. The Bertz CT molecular complexity index is 3780. The van der Waals surface area contributed by atoms with E-state index in [1.54, 1.807) is 41.5 Å².